The summed E-state index contributed by atoms with van der Waals surface area (Å²) in [6, 6.07) is 14.3. The average molecular weight is 276 g/mol. The van der Waals surface area contributed by atoms with Crippen LogP contribution in [-0.2, 0) is 0 Å². The number of rotatable bonds is 2. The molecule has 0 saturated heterocycles. The molecule has 5 heteroatoms. The molecule has 2 aromatic carbocycles. The highest BCUT2D eigenvalue weighted by Crippen LogP contribution is 2.19. The van der Waals surface area contributed by atoms with Gasteiger partial charge in [0.25, 0.3) is 5.91 Å². The zero-order valence-corrected chi connectivity index (χ0v) is 11.4. The van der Waals surface area contributed by atoms with Gasteiger partial charge in [0.15, 0.2) is 0 Å². The fourth-order valence-corrected chi connectivity index (χ4v) is 2.16. The van der Waals surface area contributed by atoms with Gasteiger partial charge in [0.1, 0.15) is 0 Å². The molecule has 0 fully saturated rings. The molecule has 0 spiro atoms. The van der Waals surface area contributed by atoms with Crippen molar-refractivity contribution in [1.29, 1.82) is 5.26 Å². The van der Waals surface area contributed by atoms with Gasteiger partial charge >= 0.3 is 0 Å². The number of hydrogen-bond donors (Lipinski definition) is 1. The van der Waals surface area contributed by atoms with E-state index < -0.39 is 0 Å². The van der Waals surface area contributed by atoms with Crippen molar-refractivity contribution in [3.8, 4) is 6.07 Å². The Morgan fingerprint density at radius 3 is 2.95 bits per heavy atom. The van der Waals surface area contributed by atoms with Gasteiger partial charge in [-0.15, -0.1) is 0 Å². The van der Waals surface area contributed by atoms with Crippen LogP contribution in [0.2, 0.25) is 0 Å². The molecule has 5 nitrogen and oxygen atoms in total. The number of fused-ring (bicyclic) bond motifs is 1. The number of imidazole rings is 1. The first-order valence-corrected chi connectivity index (χ1v) is 6.40. The third-order valence-electron chi connectivity index (χ3n) is 3.33. The zero-order valence-electron chi connectivity index (χ0n) is 11.4. The number of nitrogens with zero attached hydrogens (tertiary/aromatic N) is 3. The standard InChI is InChI=1S/C16H12N4O/c1-20(13-4-2-3-11(7-13)9-17)16(21)12-5-6-14-15(8-12)19-10-18-14/h2-8,10H,1H3,(H,18,19). The molecule has 21 heavy (non-hydrogen) atoms. The minimum atomic E-state index is -0.137. The van der Waals surface area contributed by atoms with Crippen LogP contribution in [0.15, 0.2) is 48.8 Å². The Kier molecular flexibility index (Phi) is 3.13. The second-order valence-corrected chi connectivity index (χ2v) is 4.66. The summed E-state index contributed by atoms with van der Waals surface area (Å²) in [5, 5.41) is 8.93. The topological polar surface area (TPSA) is 72.8 Å². The first-order chi connectivity index (χ1) is 10.2. The molecule has 0 bridgehead atoms. The molecule has 102 valence electrons. The predicted octanol–water partition coefficient (Wildman–Crippen LogP) is 2.71. The Morgan fingerprint density at radius 1 is 1.29 bits per heavy atom. The summed E-state index contributed by atoms with van der Waals surface area (Å²) in [6.45, 7) is 0. The molecule has 0 aliphatic heterocycles. The largest absolute Gasteiger partial charge is 0.345 e. The van der Waals surface area contributed by atoms with Crippen LogP contribution in [0.3, 0.4) is 0 Å². The van der Waals surface area contributed by atoms with E-state index in [1.54, 1.807) is 55.8 Å². The monoisotopic (exact) mass is 276 g/mol. The normalized spacial score (nSPS) is 10.3. The van der Waals surface area contributed by atoms with E-state index in [2.05, 4.69) is 16.0 Å². The van der Waals surface area contributed by atoms with Crippen LogP contribution >= 0.6 is 0 Å². The minimum absolute atomic E-state index is 0.137. The first kappa shape index (κ1) is 12.9. The van der Waals surface area contributed by atoms with E-state index in [4.69, 9.17) is 5.26 Å². The molecular formula is C16H12N4O. The summed E-state index contributed by atoms with van der Waals surface area (Å²) in [4.78, 5) is 21.2. The number of benzene rings is 2. The maximum Gasteiger partial charge on any atom is 0.258 e. The van der Waals surface area contributed by atoms with Crippen molar-refractivity contribution in [2.24, 2.45) is 0 Å². The molecule has 1 N–H and O–H groups in total. The van der Waals surface area contributed by atoms with Gasteiger partial charge in [0.05, 0.1) is 29.0 Å². The van der Waals surface area contributed by atoms with Crippen molar-refractivity contribution in [2.75, 3.05) is 11.9 Å². The summed E-state index contributed by atoms with van der Waals surface area (Å²) in [5.74, 6) is -0.137. The smallest absolute Gasteiger partial charge is 0.258 e. The lowest BCUT2D eigenvalue weighted by molar-refractivity contribution is 0.0993. The Balaban J connectivity index is 1.94. The summed E-state index contributed by atoms with van der Waals surface area (Å²) in [7, 11) is 1.69. The van der Waals surface area contributed by atoms with E-state index in [0.29, 0.717) is 16.8 Å². The van der Waals surface area contributed by atoms with E-state index in [1.807, 2.05) is 0 Å². The molecular weight excluding hydrogens is 264 g/mol. The number of hydrogen-bond acceptors (Lipinski definition) is 3. The molecule has 1 heterocycles. The maximum absolute atomic E-state index is 12.5. The third kappa shape index (κ3) is 2.35. The van der Waals surface area contributed by atoms with Gasteiger partial charge in [-0.2, -0.15) is 5.26 Å². The van der Waals surface area contributed by atoms with Gasteiger partial charge in [0, 0.05) is 18.3 Å². The second kappa shape index (κ2) is 5.10. The van der Waals surface area contributed by atoms with Crippen molar-refractivity contribution in [3.05, 3.63) is 59.9 Å². The Hall–Kier alpha value is -3.13. The number of carbonyl (C=O) groups is 1. The maximum atomic E-state index is 12.5. The van der Waals surface area contributed by atoms with Crippen molar-refractivity contribution < 1.29 is 4.79 Å². The number of anilines is 1. The van der Waals surface area contributed by atoms with Gasteiger partial charge < -0.3 is 9.88 Å². The van der Waals surface area contributed by atoms with Crippen LogP contribution in [0.25, 0.3) is 11.0 Å². The SMILES string of the molecule is CN(C(=O)c1ccc2nc[nH]c2c1)c1cccc(C#N)c1. The lowest BCUT2D eigenvalue weighted by Crippen LogP contribution is -2.26. The highest BCUT2D eigenvalue weighted by molar-refractivity contribution is 6.07. The fourth-order valence-electron chi connectivity index (χ4n) is 2.16. The molecule has 1 aromatic heterocycles. The quantitative estimate of drug-likeness (QED) is 0.782. The number of aromatic nitrogens is 2. The molecule has 0 aliphatic rings. The van der Waals surface area contributed by atoms with E-state index in [1.165, 1.54) is 4.90 Å². The molecule has 0 radical (unpaired) electrons. The number of aromatic amines is 1. The van der Waals surface area contributed by atoms with Gasteiger partial charge in [-0.05, 0) is 36.4 Å². The Morgan fingerprint density at radius 2 is 2.14 bits per heavy atom. The molecule has 0 aliphatic carbocycles. The lowest BCUT2D eigenvalue weighted by Gasteiger charge is -2.17. The number of amides is 1. The van der Waals surface area contributed by atoms with E-state index >= 15 is 0 Å². The molecule has 3 aromatic rings. The molecule has 0 unspecified atom stereocenters. The summed E-state index contributed by atoms with van der Waals surface area (Å²) >= 11 is 0. The van der Waals surface area contributed by atoms with Crippen molar-refractivity contribution in [1.82, 2.24) is 9.97 Å². The highest BCUT2D eigenvalue weighted by Gasteiger charge is 2.14. The lowest BCUT2D eigenvalue weighted by atomic mass is 10.1. The molecule has 3 rings (SSSR count). The summed E-state index contributed by atoms with van der Waals surface area (Å²) < 4.78 is 0. The molecule has 0 saturated carbocycles. The van der Waals surface area contributed by atoms with Gasteiger partial charge in [0.2, 0.25) is 0 Å². The minimum Gasteiger partial charge on any atom is -0.345 e. The fraction of sp³-hybridized carbons (Fsp3) is 0.0625. The number of carbonyl (C=O) groups excluding carboxylic acids is 1. The summed E-state index contributed by atoms with van der Waals surface area (Å²) in [6.07, 6.45) is 1.60. The van der Waals surface area contributed by atoms with Crippen LogP contribution in [0.1, 0.15) is 15.9 Å². The molecule has 1 amide bonds. The Labute approximate surface area is 121 Å². The van der Waals surface area contributed by atoms with Crippen molar-refractivity contribution in [3.63, 3.8) is 0 Å². The van der Waals surface area contributed by atoms with Crippen LogP contribution in [-0.4, -0.2) is 22.9 Å². The average Bonchev–Trinajstić information content (AvgIpc) is 3.01. The number of nitrogens with one attached hydrogen (secondary N) is 1. The van der Waals surface area contributed by atoms with E-state index in [9.17, 15) is 4.79 Å². The summed E-state index contributed by atoms with van der Waals surface area (Å²) in [5.41, 5.74) is 3.41. The zero-order chi connectivity index (χ0) is 14.8. The molecule has 0 atom stereocenters. The van der Waals surface area contributed by atoms with Crippen LogP contribution in [0.5, 0.6) is 0 Å². The van der Waals surface area contributed by atoms with Crippen LogP contribution in [0, 0.1) is 11.3 Å². The Bertz CT molecular complexity index is 860. The first-order valence-electron chi connectivity index (χ1n) is 6.40. The van der Waals surface area contributed by atoms with E-state index in [0.717, 1.165) is 11.0 Å². The second-order valence-electron chi connectivity index (χ2n) is 4.66. The highest BCUT2D eigenvalue weighted by atomic mass is 16.2. The van der Waals surface area contributed by atoms with Crippen molar-refractivity contribution >= 4 is 22.6 Å². The van der Waals surface area contributed by atoms with Gasteiger partial charge in [-0.3, -0.25) is 4.79 Å². The van der Waals surface area contributed by atoms with Crippen LogP contribution < -0.4 is 4.90 Å². The van der Waals surface area contributed by atoms with Gasteiger partial charge in [-0.1, -0.05) is 6.07 Å². The van der Waals surface area contributed by atoms with Gasteiger partial charge in [-0.25, -0.2) is 4.98 Å². The third-order valence-corrected chi connectivity index (χ3v) is 3.33. The van der Waals surface area contributed by atoms with Crippen LogP contribution in [0.4, 0.5) is 5.69 Å². The van der Waals surface area contributed by atoms with E-state index in [-0.39, 0.29) is 5.91 Å². The predicted molar refractivity (Wildman–Crippen MR) is 80.0 cm³/mol. The number of nitriles is 1. The number of H-pyrrole nitrogens is 1. The van der Waals surface area contributed by atoms with Crippen molar-refractivity contribution in [2.45, 2.75) is 0 Å².